The van der Waals surface area contributed by atoms with Crippen LogP contribution in [-0.2, 0) is 10.2 Å². The number of para-hydroxylation sites is 1. The average molecular weight is 435 g/mol. The molecule has 4 rings (SSSR count). The highest BCUT2D eigenvalue weighted by atomic mass is 32.2. The molecule has 1 aliphatic carbocycles. The topological polar surface area (TPSA) is 32.3 Å². The van der Waals surface area contributed by atoms with Crippen molar-refractivity contribution < 1.29 is 4.79 Å². The van der Waals surface area contributed by atoms with E-state index in [-0.39, 0.29) is 16.8 Å². The van der Waals surface area contributed by atoms with E-state index in [1.165, 1.54) is 24.8 Å². The number of nitrogens with zero attached hydrogens (tertiary/aromatic N) is 1. The number of rotatable bonds is 4. The van der Waals surface area contributed by atoms with Gasteiger partial charge in [0, 0.05) is 11.7 Å². The summed E-state index contributed by atoms with van der Waals surface area (Å²) >= 11 is 1.65. The number of carbonyl (C=O) groups is 1. The van der Waals surface area contributed by atoms with Gasteiger partial charge < -0.3 is 10.2 Å². The quantitative estimate of drug-likeness (QED) is 0.533. The molecule has 164 valence electrons. The normalized spacial score (nSPS) is 25.8. The fraction of sp³-hybridized carbons (Fsp3) is 0.444. The van der Waals surface area contributed by atoms with Gasteiger partial charge in [-0.05, 0) is 53.5 Å². The van der Waals surface area contributed by atoms with Gasteiger partial charge in [-0.15, -0.1) is 0 Å². The molecule has 3 atom stereocenters. The van der Waals surface area contributed by atoms with Gasteiger partial charge in [-0.2, -0.15) is 0 Å². The second-order valence-electron chi connectivity index (χ2n) is 9.90. The molecule has 1 amide bonds. The third-order valence-corrected chi connectivity index (χ3v) is 7.61. The van der Waals surface area contributed by atoms with E-state index in [0.29, 0.717) is 12.0 Å². The van der Waals surface area contributed by atoms with Crippen LogP contribution in [0.15, 0.2) is 59.5 Å². The SMILES string of the molecule is C[C@H]1CCCC[C@@H]1N1C(=O)/C(=C/c2ccc(C(C)(C)C)cc2)SC1Nc1ccccc1. The standard InChI is InChI=1S/C27H34N2OS/c1-19-10-8-9-13-23(19)29-25(30)24(31-26(29)28-22-11-6-5-7-12-22)18-20-14-16-21(17-15-20)27(2,3)4/h5-7,11-12,14-19,23,26,28H,8-10,13H2,1-4H3/b24-18-/t19-,23-,26?/m0/s1. The Hall–Kier alpha value is -2.20. The van der Waals surface area contributed by atoms with Gasteiger partial charge in [-0.1, -0.05) is 94.8 Å². The van der Waals surface area contributed by atoms with Crippen LogP contribution in [0.5, 0.6) is 0 Å². The smallest absolute Gasteiger partial charge is 0.262 e. The van der Waals surface area contributed by atoms with Gasteiger partial charge in [0.1, 0.15) is 0 Å². The van der Waals surface area contributed by atoms with Crippen molar-refractivity contribution in [3.63, 3.8) is 0 Å². The van der Waals surface area contributed by atoms with Crippen molar-refractivity contribution in [1.29, 1.82) is 0 Å². The Labute approximate surface area is 191 Å². The molecule has 1 unspecified atom stereocenters. The average Bonchev–Trinajstić information content (AvgIpc) is 3.03. The Kier molecular flexibility index (Phi) is 6.47. The molecule has 0 spiro atoms. The zero-order valence-corrected chi connectivity index (χ0v) is 19.9. The molecular formula is C27H34N2OS. The predicted octanol–water partition coefficient (Wildman–Crippen LogP) is 6.87. The largest absolute Gasteiger partial charge is 0.356 e. The van der Waals surface area contributed by atoms with Crippen LogP contribution in [0.3, 0.4) is 0 Å². The minimum Gasteiger partial charge on any atom is -0.356 e. The van der Waals surface area contributed by atoms with Crippen molar-refractivity contribution in [2.75, 3.05) is 5.32 Å². The number of anilines is 1. The zero-order chi connectivity index (χ0) is 22.0. The number of nitrogens with one attached hydrogen (secondary N) is 1. The summed E-state index contributed by atoms with van der Waals surface area (Å²) in [7, 11) is 0. The van der Waals surface area contributed by atoms with Crippen LogP contribution in [0, 0.1) is 5.92 Å². The molecule has 0 radical (unpaired) electrons. The predicted molar refractivity (Wildman–Crippen MR) is 133 cm³/mol. The second kappa shape index (κ2) is 9.12. The number of hydrogen-bond acceptors (Lipinski definition) is 3. The Morgan fingerprint density at radius 1 is 1.00 bits per heavy atom. The Balaban J connectivity index is 1.61. The molecule has 0 aromatic heterocycles. The molecule has 2 aromatic carbocycles. The van der Waals surface area contributed by atoms with Gasteiger partial charge >= 0.3 is 0 Å². The van der Waals surface area contributed by atoms with Crippen LogP contribution in [-0.4, -0.2) is 22.3 Å². The highest BCUT2D eigenvalue weighted by molar-refractivity contribution is 8.05. The molecule has 0 bridgehead atoms. The van der Waals surface area contributed by atoms with Crippen molar-refractivity contribution in [2.45, 2.75) is 70.3 Å². The van der Waals surface area contributed by atoms with E-state index in [4.69, 9.17) is 0 Å². The molecule has 1 saturated carbocycles. The van der Waals surface area contributed by atoms with Crippen molar-refractivity contribution in [1.82, 2.24) is 4.90 Å². The van der Waals surface area contributed by atoms with Crippen molar-refractivity contribution in [2.24, 2.45) is 5.92 Å². The molecule has 2 aliphatic rings. The summed E-state index contributed by atoms with van der Waals surface area (Å²) in [6.45, 7) is 8.97. The number of thioether (sulfide) groups is 1. The van der Waals surface area contributed by atoms with Crippen LogP contribution < -0.4 is 5.32 Å². The summed E-state index contributed by atoms with van der Waals surface area (Å²) in [6.07, 6.45) is 6.83. The number of amides is 1. The summed E-state index contributed by atoms with van der Waals surface area (Å²) in [4.78, 5) is 16.5. The van der Waals surface area contributed by atoms with Gasteiger partial charge in [-0.25, -0.2) is 0 Å². The maximum Gasteiger partial charge on any atom is 0.262 e. The Morgan fingerprint density at radius 3 is 2.32 bits per heavy atom. The summed E-state index contributed by atoms with van der Waals surface area (Å²) in [5, 5.41) is 3.61. The molecule has 2 aromatic rings. The lowest BCUT2D eigenvalue weighted by Gasteiger charge is -2.39. The number of carbonyl (C=O) groups excluding carboxylic acids is 1. The van der Waals surface area contributed by atoms with Crippen molar-refractivity contribution in [3.8, 4) is 0 Å². The first-order valence-corrected chi connectivity index (χ1v) is 12.3. The van der Waals surface area contributed by atoms with E-state index in [1.807, 2.05) is 18.2 Å². The lowest BCUT2D eigenvalue weighted by Crippen LogP contribution is -2.48. The summed E-state index contributed by atoms with van der Waals surface area (Å²) in [5.74, 6) is 0.695. The zero-order valence-electron chi connectivity index (χ0n) is 19.1. The first kappa shape index (κ1) is 22.0. The monoisotopic (exact) mass is 434 g/mol. The molecule has 2 fully saturated rings. The van der Waals surface area contributed by atoms with Gasteiger partial charge in [-0.3, -0.25) is 4.79 Å². The van der Waals surface area contributed by atoms with E-state index in [1.54, 1.807) is 11.8 Å². The third-order valence-electron chi connectivity index (χ3n) is 6.50. The summed E-state index contributed by atoms with van der Waals surface area (Å²) < 4.78 is 0. The van der Waals surface area contributed by atoms with E-state index >= 15 is 0 Å². The van der Waals surface area contributed by atoms with Crippen LogP contribution in [0.1, 0.15) is 64.5 Å². The summed E-state index contributed by atoms with van der Waals surface area (Å²) in [5.41, 5.74) is 3.50. The highest BCUT2D eigenvalue weighted by Crippen LogP contribution is 2.42. The lowest BCUT2D eigenvalue weighted by atomic mass is 9.85. The minimum atomic E-state index is -0.0689. The van der Waals surface area contributed by atoms with Crippen molar-refractivity contribution >= 4 is 29.4 Å². The first-order valence-electron chi connectivity index (χ1n) is 11.5. The molecule has 3 nitrogen and oxygen atoms in total. The maximum atomic E-state index is 13.6. The molecule has 1 heterocycles. The summed E-state index contributed by atoms with van der Waals surface area (Å²) in [6, 6.07) is 19.1. The van der Waals surface area contributed by atoms with E-state index in [0.717, 1.165) is 22.6 Å². The Bertz CT molecular complexity index is 930. The lowest BCUT2D eigenvalue weighted by molar-refractivity contribution is -0.129. The van der Waals surface area contributed by atoms with Gasteiger partial charge in [0.2, 0.25) is 0 Å². The van der Waals surface area contributed by atoms with E-state index < -0.39 is 0 Å². The molecule has 1 aliphatic heterocycles. The first-order chi connectivity index (χ1) is 14.8. The molecule has 1 saturated heterocycles. The van der Waals surface area contributed by atoms with E-state index in [2.05, 4.69) is 80.4 Å². The van der Waals surface area contributed by atoms with E-state index in [9.17, 15) is 4.79 Å². The van der Waals surface area contributed by atoms with Gasteiger partial charge in [0.05, 0.1) is 4.91 Å². The van der Waals surface area contributed by atoms with Crippen molar-refractivity contribution in [3.05, 3.63) is 70.6 Å². The van der Waals surface area contributed by atoms with Gasteiger partial charge in [0.25, 0.3) is 5.91 Å². The molecule has 4 heteroatoms. The molecule has 31 heavy (non-hydrogen) atoms. The molecular weight excluding hydrogens is 400 g/mol. The third kappa shape index (κ3) is 5.01. The van der Waals surface area contributed by atoms with Crippen LogP contribution in [0.25, 0.3) is 6.08 Å². The number of benzene rings is 2. The second-order valence-corrected chi connectivity index (χ2v) is 11.0. The van der Waals surface area contributed by atoms with Crippen LogP contribution in [0.4, 0.5) is 5.69 Å². The highest BCUT2D eigenvalue weighted by Gasteiger charge is 2.42. The van der Waals surface area contributed by atoms with Crippen LogP contribution in [0.2, 0.25) is 0 Å². The minimum absolute atomic E-state index is 0.0689. The fourth-order valence-electron chi connectivity index (χ4n) is 4.60. The van der Waals surface area contributed by atoms with Gasteiger partial charge in [0.15, 0.2) is 5.50 Å². The fourth-order valence-corrected chi connectivity index (χ4v) is 5.81. The Morgan fingerprint density at radius 2 is 1.68 bits per heavy atom. The molecule has 1 N–H and O–H groups in total. The van der Waals surface area contributed by atoms with Crippen LogP contribution >= 0.6 is 11.8 Å². The maximum absolute atomic E-state index is 13.6. The number of hydrogen-bond donors (Lipinski definition) is 1.